The normalized spacial score (nSPS) is 10.2. The molecule has 0 spiro atoms. The minimum absolute atomic E-state index is 0.370. The number of hydrogen-bond acceptors (Lipinski definition) is 4. The lowest BCUT2D eigenvalue weighted by molar-refractivity contribution is 0.737. The van der Waals surface area contributed by atoms with Crippen LogP contribution < -0.4 is 5.73 Å². The lowest BCUT2D eigenvalue weighted by Crippen LogP contribution is -1.97. The quantitative estimate of drug-likeness (QED) is 0.622. The van der Waals surface area contributed by atoms with Crippen LogP contribution in [-0.4, -0.2) is 19.9 Å². The first kappa shape index (κ1) is 11.4. The molecule has 0 unspecified atom stereocenters. The summed E-state index contributed by atoms with van der Waals surface area (Å²) in [5.74, 6) is 6.81. The van der Waals surface area contributed by atoms with Crippen molar-refractivity contribution < 1.29 is 0 Å². The summed E-state index contributed by atoms with van der Waals surface area (Å²) in [5.41, 5.74) is 6.99. The summed E-state index contributed by atoms with van der Waals surface area (Å²) in [6.07, 6.45) is 5.94. The molecule has 0 aromatic carbocycles. The molecule has 5 heteroatoms. The zero-order valence-corrected chi connectivity index (χ0v) is 9.82. The fraction of sp³-hybridized carbons (Fsp3) is 0.417. The fourth-order valence-electron chi connectivity index (χ4n) is 1.52. The average Bonchev–Trinajstić information content (AvgIpc) is 2.77. The molecular formula is C12H15N5. The van der Waals surface area contributed by atoms with Crippen LogP contribution in [0.2, 0.25) is 0 Å². The third kappa shape index (κ3) is 2.72. The van der Waals surface area contributed by atoms with E-state index in [0.29, 0.717) is 22.8 Å². The van der Waals surface area contributed by atoms with Gasteiger partial charge in [-0.3, -0.25) is 0 Å². The molecule has 0 fully saturated rings. The molecule has 0 bridgehead atoms. The minimum Gasteiger partial charge on any atom is -0.382 e. The number of unbranched alkanes of at least 4 members (excludes halogenated alkanes) is 3. The number of H-pyrrole nitrogens is 1. The van der Waals surface area contributed by atoms with E-state index in [1.165, 1.54) is 12.8 Å². The topological polar surface area (TPSA) is 80.5 Å². The summed E-state index contributed by atoms with van der Waals surface area (Å²) in [5, 5.41) is 0. The number of nitrogens with zero attached hydrogens (tertiary/aromatic N) is 3. The number of rotatable bonds is 3. The Morgan fingerprint density at radius 3 is 3.06 bits per heavy atom. The molecule has 0 aliphatic heterocycles. The number of imidazole rings is 1. The van der Waals surface area contributed by atoms with Crippen LogP contribution in [-0.2, 0) is 0 Å². The van der Waals surface area contributed by atoms with E-state index in [2.05, 4.69) is 38.7 Å². The van der Waals surface area contributed by atoms with Gasteiger partial charge >= 0.3 is 0 Å². The zero-order valence-electron chi connectivity index (χ0n) is 9.82. The molecule has 2 rings (SSSR count). The Morgan fingerprint density at radius 1 is 1.35 bits per heavy atom. The van der Waals surface area contributed by atoms with Crippen molar-refractivity contribution in [2.75, 3.05) is 5.73 Å². The summed E-state index contributed by atoms with van der Waals surface area (Å²) in [6, 6.07) is 0. The number of nitrogens with two attached hydrogens (primary N) is 1. The number of fused-ring (bicyclic) bond motifs is 1. The van der Waals surface area contributed by atoms with Crippen molar-refractivity contribution in [1.82, 2.24) is 19.9 Å². The minimum atomic E-state index is 0.370. The molecule has 17 heavy (non-hydrogen) atoms. The zero-order chi connectivity index (χ0) is 12.1. The Hall–Kier alpha value is -2.09. The van der Waals surface area contributed by atoms with Gasteiger partial charge in [-0.05, 0) is 12.3 Å². The van der Waals surface area contributed by atoms with Gasteiger partial charge in [0.15, 0.2) is 11.5 Å². The highest BCUT2D eigenvalue weighted by molar-refractivity contribution is 5.81. The van der Waals surface area contributed by atoms with Crippen LogP contribution in [0.25, 0.3) is 11.2 Å². The first-order chi connectivity index (χ1) is 8.31. The molecule has 2 aromatic heterocycles. The van der Waals surface area contributed by atoms with Crippen molar-refractivity contribution in [3.05, 3.63) is 12.2 Å². The van der Waals surface area contributed by atoms with Gasteiger partial charge in [-0.2, -0.15) is 0 Å². The number of aromatic nitrogens is 4. The number of nitrogen functional groups attached to an aromatic ring is 1. The van der Waals surface area contributed by atoms with Gasteiger partial charge in [0.2, 0.25) is 5.82 Å². The molecule has 0 aliphatic rings. The van der Waals surface area contributed by atoms with E-state index in [4.69, 9.17) is 5.73 Å². The highest BCUT2D eigenvalue weighted by Crippen LogP contribution is 2.12. The van der Waals surface area contributed by atoms with Crippen LogP contribution in [0.5, 0.6) is 0 Å². The molecule has 2 heterocycles. The smallest absolute Gasteiger partial charge is 0.208 e. The molecule has 0 saturated carbocycles. The summed E-state index contributed by atoms with van der Waals surface area (Å²) in [7, 11) is 0. The summed E-state index contributed by atoms with van der Waals surface area (Å²) in [4.78, 5) is 15.3. The predicted molar refractivity (Wildman–Crippen MR) is 67.1 cm³/mol. The molecule has 3 N–H and O–H groups in total. The maximum Gasteiger partial charge on any atom is 0.208 e. The van der Waals surface area contributed by atoms with E-state index in [0.717, 1.165) is 12.8 Å². The summed E-state index contributed by atoms with van der Waals surface area (Å²) < 4.78 is 0. The van der Waals surface area contributed by atoms with Gasteiger partial charge in [-0.1, -0.05) is 25.7 Å². The van der Waals surface area contributed by atoms with E-state index in [-0.39, 0.29) is 0 Å². The summed E-state index contributed by atoms with van der Waals surface area (Å²) >= 11 is 0. The van der Waals surface area contributed by atoms with Gasteiger partial charge in [0.25, 0.3) is 0 Å². The standard InChI is InChI=1S/C12H15N5/c1-2-3-4-5-6-7-9-16-11(13)10-12(17-9)15-8-14-10/h8H,2-5H2,1H3,(H3,13,14,15,16,17). The van der Waals surface area contributed by atoms with Gasteiger partial charge in [-0.25, -0.2) is 15.0 Å². The highest BCUT2D eigenvalue weighted by atomic mass is 15.0. The van der Waals surface area contributed by atoms with Crippen LogP contribution in [0.4, 0.5) is 5.82 Å². The monoisotopic (exact) mass is 229 g/mol. The van der Waals surface area contributed by atoms with Crippen LogP contribution in [0, 0.1) is 11.8 Å². The second kappa shape index (κ2) is 5.30. The van der Waals surface area contributed by atoms with Crippen LogP contribution in [0.3, 0.4) is 0 Å². The van der Waals surface area contributed by atoms with Crippen LogP contribution >= 0.6 is 0 Å². The first-order valence-electron chi connectivity index (χ1n) is 5.76. The molecule has 0 aliphatic carbocycles. The molecule has 88 valence electrons. The molecule has 0 atom stereocenters. The van der Waals surface area contributed by atoms with Crippen LogP contribution in [0.15, 0.2) is 6.33 Å². The van der Waals surface area contributed by atoms with Crippen LogP contribution in [0.1, 0.15) is 38.4 Å². The Morgan fingerprint density at radius 2 is 2.24 bits per heavy atom. The van der Waals surface area contributed by atoms with Crippen molar-refractivity contribution >= 4 is 17.0 Å². The van der Waals surface area contributed by atoms with Crippen molar-refractivity contribution in [2.24, 2.45) is 0 Å². The van der Waals surface area contributed by atoms with Crippen molar-refractivity contribution in [3.63, 3.8) is 0 Å². The highest BCUT2D eigenvalue weighted by Gasteiger charge is 2.04. The molecule has 0 amide bonds. The van der Waals surface area contributed by atoms with Crippen molar-refractivity contribution in [3.8, 4) is 11.8 Å². The Kier molecular flexibility index (Phi) is 3.55. The molecule has 0 radical (unpaired) electrons. The Labute approximate surface area is 99.9 Å². The largest absolute Gasteiger partial charge is 0.382 e. The predicted octanol–water partition coefficient (Wildman–Crippen LogP) is 1.87. The maximum atomic E-state index is 5.75. The second-order valence-corrected chi connectivity index (χ2v) is 3.79. The number of aromatic amines is 1. The van der Waals surface area contributed by atoms with Gasteiger partial charge in [-0.15, -0.1) is 0 Å². The van der Waals surface area contributed by atoms with Crippen molar-refractivity contribution in [2.45, 2.75) is 32.6 Å². The Balaban J connectivity index is 2.13. The summed E-state index contributed by atoms with van der Waals surface area (Å²) in [6.45, 7) is 2.17. The van der Waals surface area contributed by atoms with E-state index < -0.39 is 0 Å². The lowest BCUT2D eigenvalue weighted by atomic mass is 10.2. The molecule has 5 nitrogen and oxygen atoms in total. The van der Waals surface area contributed by atoms with E-state index >= 15 is 0 Å². The number of anilines is 1. The number of hydrogen-bond donors (Lipinski definition) is 2. The van der Waals surface area contributed by atoms with E-state index in [1.807, 2.05) is 0 Å². The maximum absolute atomic E-state index is 5.75. The average molecular weight is 229 g/mol. The fourth-order valence-corrected chi connectivity index (χ4v) is 1.52. The number of nitrogens with one attached hydrogen (secondary N) is 1. The van der Waals surface area contributed by atoms with E-state index in [9.17, 15) is 0 Å². The lowest BCUT2D eigenvalue weighted by Gasteiger charge is -1.94. The third-order valence-electron chi connectivity index (χ3n) is 2.41. The van der Waals surface area contributed by atoms with Crippen molar-refractivity contribution in [1.29, 1.82) is 0 Å². The Bertz CT molecular complexity index is 561. The van der Waals surface area contributed by atoms with Gasteiger partial charge in [0, 0.05) is 6.42 Å². The first-order valence-corrected chi connectivity index (χ1v) is 5.76. The van der Waals surface area contributed by atoms with Gasteiger partial charge in [0.05, 0.1) is 6.33 Å². The SMILES string of the molecule is CCCCCC#Cc1nc(N)c2nc[nH]c2n1. The third-order valence-corrected chi connectivity index (χ3v) is 2.41. The van der Waals surface area contributed by atoms with Gasteiger partial charge in [0.1, 0.15) is 5.52 Å². The van der Waals surface area contributed by atoms with E-state index in [1.54, 1.807) is 6.33 Å². The van der Waals surface area contributed by atoms with Gasteiger partial charge < -0.3 is 10.7 Å². The second-order valence-electron chi connectivity index (χ2n) is 3.79. The molecule has 0 saturated heterocycles. The molecular weight excluding hydrogens is 214 g/mol. The molecule has 2 aromatic rings.